The number of hydrogen-bond donors (Lipinski definition) is 1. The fourth-order valence-electron chi connectivity index (χ4n) is 0.837. The van der Waals surface area contributed by atoms with Gasteiger partial charge in [0.2, 0.25) is 0 Å². The van der Waals surface area contributed by atoms with E-state index >= 15 is 0 Å². The van der Waals surface area contributed by atoms with Gasteiger partial charge in [-0.1, -0.05) is 36.0 Å². The van der Waals surface area contributed by atoms with Crippen molar-refractivity contribution in [1.29, 1.82) is 0 Å². The van der Waals surface area contributed by atoms with Crippen LogP contribution in [0, 0.1) is 0 Å². The molecule has 1 heteroatoms. The molecule has 13 heavy (non-hydrogen) atoms. The highest BCUT2D eigenvalue weighted by molar-refractivity contribution is 5.21. The molecule has 0 fully saturated rings. The van der Waals surface area contributed by atoms with Gasteiger partial charge in [-0.15, -0.1) is 0 Å². The second kappa shape index (κ2) is 5.76. The van der Waals surface area contributed by atoms with Crippen LogP contribution in [-0.4, -0.2) is 10.7 Å². The molecule has 1 nitrogen and oxygen atoms in total. The molecular formula is C12H20O. The van der Waals surface area contributed by atoms with Gasteiger partial charge in [-0.05, 0) is 34.1 Å². The third-order valence-corrected chi connectivity index (χ3v) is 1.55. The second-order valence-corrected chi connectivity index (χ2v) is 3.86. The highest BCUT2D eigenvalue weighted by atomic mass is 16.3. The van der Waals surface area contributed by atoms with E-state index in [1.54, 1.807) is 0 Å². The molecule has 0 rings (SSSR count). The third-order valence-electron chi connectivity index (χ3n) is 1.55. The zero-order chi connectivity index (χ0) is 10.3. The largest absolute Gasteiger partial charge is 0.390 e. The Kier molecular flexibility index (Phi) is 5.40. The first-order valence-corrected chi connectivity index (χ1v) is 4.64. The van der Waals surface area contributed by atoms with Gasteiger partial charge in [-0.2, -0.15) is 0 Å². The first-order valence-electron chi connectivity index (χ1n) is 4.64. The molecule has 0 atom stereocenters. The minimum atomic E-state index is -0.600. The lowest BCUT2D eigenvalue weighted by Crippen LogP contribution is -2.16. The van der Waals surface area contributed by atoms with Crippen LogP contribution in [0.15, 0.2) is 36.0 Å². The number of hydrogen-bond acceptors (Lipinski definition) is 1. The highest BCUT2D eigenvalue weighted by Gasteiger charge is 2.08. The molecule has 0 amide bonds. The Hall–Kier alpha value is -0.820. The highest BCUT2D eigenvalue weighted by Crippen LogP contribution is 2.08. The van der Waals surface area contributed by atoms with Crippen LogP contribution in [0.3, 0.4) is 0 Å². The van der Waals surface area contributed by atoms with Crippen molar-refractivity contribution in [2.24, 2.45) is 0 Å². The topological polar surface area (TPSA) is 20.2 Å². The molecule has 74 valence electrons. The molecule has 0 saturated carbocycles. The predicted octanol–water partition coefficient (Wildman–Crippen LogP) is 3.23. The molecule has 0 spiro atoms. The van der Waals surface area contributed by atoms with E-state index in [-0.39, 0.29) is 0 Å². The van der Waals surface area contributed by atoms with E-state index in [0.29, 0.717) is 6.42 Å². The standard InChI is InChI=1S/C12H20O/c1-5-6-8-11(2)9-7-10-12(3,4)13/h5-9,13H,10H2,1-4H3/b6-5+,9-7+,11-8+. The molecule has 0 heterocycles. The number of aliphatic hydroxyl groups is 1. The summed E-state index contributed by atoms with van der Waals surface area (Å²) in [7, 11) is 0. The van der Waals surface area contributed by atoms with Gasteiger partial charge in [0.1, 0.15) is 0 Å². The van der Waals surface area contributed by atoms with Crippen molar-refractivity contribution in [3.05, 3.63) is 36.0 Å². The predicted molar refractivity (Wildman–Crippen MR) is 58.6 cm³/mol. The van der Waals surface area contributed by atoms with Crippen LogP contribution < -0.4 is 0 Å². The summed E-state index contributed by atoms with van der Waals surface area (Å²) in [6.07, 6.45) is 10.7. The molecule has 0 unspecified atom stereocenters. The maximum Gasteiger partial charge on any atom is 0.0626 e. The zero-order valence-corrected chi connectivity index (χ0v) is 9.04. The first-order chi connectivity index (χ1) is 5.95. The Morgan fingerprint density at radius 3 is 2.46 bits per heavy atom. The molecule has 0 saturated heterocycles. The van der Waals surface area contributed by atoms with Gasteiger partial charge in [0.05, 0.1) is 5.60 Å². The molecule has 0 aliphatic heterocycles. The summed E-state index contributed by atoms with van der Waals surface area (Å²) in [6.45, 7) is 7.65. The minimum Gasteiger partial charge on any atom is -0.390 e. The Morgan fingerprint density at radius 1 is 1.38 bits per heavy atom. The quantitative estimate of drug-likeness (QED) is 0.658. The van der Waals surface area contributed by atoms with Gasteiger partial charge < -0.3 is 5.11 Å². The zero-order valence-electron chi connectivity index (χ0n) is 9.04. The van der Waals surface area contributed by atoms with E-state index < -0.39 is 5.60 Å². The van der Waals surface area contributed by atoms with E-state index in [1.165, 1.54) is 5.57 Å². The number of rotatable bonds is 4. The first kappa shape index (κ1) is 12.2. The number of allylic oxidation sites excluding steroid dienone is 5. The van der Waals surface area contributed by atoms with E-state index in [4.69, 9.17) is 0 Å². The Morgan fingerprint density at radius 2 is 2.00 bits per heavy atom. The van der Waals surface area contributed by atoms with Crippen molar-refractivity contribution in [3.8, 4) is 0 Å². The van der Waals surface area contributed by atoms with Crippen LogP contribution in [0.25, 0.3) is 0 Å². The fourth-order valence-corrected chi connectivity index (χ4v) is 0.837. The lowest BCUT2D eigenvalue weighted by molar-refractivity contribution is 0.0839. The summed E-state index contributed by atoms with van der Waals surface area (Å²) >= 11 is 0. The molecule has 0 aliphatic carbocycles. The lowest BCUT2D eigenvalue weighted by atomic mass is 10.0. The van der Waals surface area contributed by atoms with Gasteiger partial charge in [0.15, 0.2) is 0 Å². The fraction of sp³-hybridized carbons (Fsp3) is 0.500. The van der Waals surface area contributed by atoms with Crippen LogP contribution in [0.4, 0.5) is 0 Å². The van der Waals surface area contributed by atoms with Gasteiger partial charge in [0, 0.05) is 0 Å². The van der Waals surface area contributed by atoms with Gasteiger partial charge in [-0.3, -0.25) is 0 Å². The SMILES string of the molecule is C/C=C/C=C(C)/C=C/CC(C)(C)O. The molecule has 1 N–H and O–H groups in total. The van der Waals surface area contributed by atoms with Gasteiger partial charge >= 0.3 is 0 Å². The summed E-state index contributed by atoms with van der Waals surface area (Å²) < 4.78 is 0. The Labute approximate surface area is 81.5 Å². The maximum absolute atomic E-state index is 9.42. The van der Waals surface area contributed by atoms with E-state index in [2.05, 4.69) is 0 Å². The third kappa shape index (κ3) is 9.09. The molecular weight excluding hydrogens is 160 g/mol. The molecule has 0 radical (unpaired) electrons. The van der Waals surface area contributed by atoms with Crippen LogP contribution in [-0.2, 0) is 0 Å². The summed E-state index contributed by atoms with van der Waals surface area (Å²) in [5.41, 5.74) is 0.597. The van der Waals surface area contributed by atoms with Crippen molar-refractivity contribution < 1.29 is 5.11 Å². The molecule has 0 aromatic heterocycles. The van der Waals surface area contributed by atoms with E-state index in [9.17, 15) is 5.11 Å². The average molecular weight is 180 g/mol. The summed E-state index contributed by atoms with van der Waals surface area (Å²) in [4.78, 5) is 0. The van der Waals surface area contributed by atoms with Crippen molar-refractivity contribution in [3.63, 3.8) is 0 Å². The Balaban J connectivity index is 3.99. The second-order valence-electron chi connectivity index (χ2n) is 3.86. The van der Waals surface area contributed by atoms with E-state index in [1.807, 2.05) is 58.1 Å². The monoisotopic (exact) mass is 180 g/mol. The lowest BCUT2D eigenvalue weighted by Gasteiger charge is -2.13. The normalized spacial score (nSPS) is 14.7. The van der Waals surface area contributed by atoms with Crippen LogP contribution in [0.1, 0.15) is 34.1 Å². The van der Waals surface area contributed by atoms with Gasteiger partial charge in [-0.25, -0.2) is 0 Å². The smallest absolute Gasteiger partial charge is 0.0626 e. The maximum atomic E-state index is 9.42. The molecule has 0 aromatic rings. The van der Waals surface area contributed by atoms with Crippen LogP contribution in [0.2, 0.25) is 0 Å². The summed E-state index contributed by atoms with van der Waals surface area (Å²) in [5, 5.41) is 9.42. The minimum absolute atomic E-state index is 0.600. The summed E-state index contributed by atoms with van der Waals surface area (Å²) in [6, 6.07) is 0. The molecule has 0 aromatic carbocycles. The molecule has 0 bridgehead atoms. The van der Waals surface area contributed by atoms with Crippen LogP contribution >= 0.6 is 0 Å². The van der Waals surface area contributed by atoms with Crippen molar-refractivity contribution >= 4 is 0 Å². The van der Waals surface area contributed by atoms with Crippen molar-refractivity contribution in [1.82, 2.24) is 0 Å². The molecule has 0 aliphatic rings. The average Bonchev–Trinajstić information content (AvgIpc) is 1.98. The van der Waals surface area contributed by atoms with Crippen molar-refractivity contribution in [2.45, 2.75) is 39.7 Å². The van der Waals surface area contributed by atoms with E-state index in [0.717, 1.165) is 0 Å². The van der Waals surface area contributed by atoms with Gasteiger partial charge in [0.25, 0.3) is 0 Å². The van der Waals surface area contributed by atoms with Crippen molar-refractivity contribution in [2.75, 3.05) is 0 Å². The van der Waals surface area contributed by atoms with Crippen LogP contribution in [0.5, 0.6) is 0 Å². The summed E-state index contributed by atoms with van der Waals surface area (Å²) in [5.74, 6) is 0. The Bertz CT molecular complexity index is 214.